The number of nitrogens with zero attached hydrogens (tertiary/aromatic N) is 2. The molecule has 3 nitrogen and oxygen atoms in total. The van der Waals surface area contributed by atoms with Crippen LogP contribution < -0.4 is 9.80 Å². The van der Waals surface area contributed by atoms with Crippen molar-refractivity contribution < 1.29 is 4.42 Å². The van der Waals surface area contributed by atoms with Crippen molar-refractivity contribution in [2.45, 2.75) is 0 Å². The van der Waals surface area contributed by atoms with Crippen LogP contribution in [0.2, 0.25) is 0 Å². The average Bonchev–Trinajstić information content (AvgIpc) is 3.88. The van der Waals surface area contributed by atoms with Gasteiger partial charge in [0.25, 0.3) is 0 Å². The van der Waals surface area contributed by atoms with Crippen molar-refractivity contribution in [3.05, 3.63) is 291 Å². The number of benzene rings is 13. The molecular formula is C72H48N2O. The fourth-order valence-corrected chi connectivity index (χ4v) is 11.2. The van der Waals surface area contributed by atoms with Gasteiger partial charge in [0.05, 0.1) is 5.69 Å². The second-order valence-electron chi connectivity index (χ2n) is 19.2. The summed E-state index contributed by atoms with van der Waals surface area (Å²) in [5.41, 5.74) is 17.3. The van der Waals surface area contributed by atoms with E-state index in [2.05, 4.69) is 301 Å². The number of rotatable bonds is 10. The van der Waals surface area contributed by atoms with E-state index in [1.54, 1.807) is 0 Å². The normalized spacial score (nSPS) is 11.5. The highest BCUT2D eigenvalue weighted by Crippen LogP contribution is 2.49. The van der Waals surface area contributed by atoms with Gasteiger partial charge in [-0.15, -0.1) is 0 Å². The number of fused-ring (bicyclic) bond motifs is 7. The molecule has 0 saturated carbocycles. The van der Waals surface area contributed by atoms with Crippen LogP contribution in [0, 0.1) is 0 Å². The minimum atomic E-state index is 0.816. The highest BCUT2D eigenvalue weighted by atomic mass is 16.3. The molecule has 14 rings (SSSR count). The zero-order chi connectivity index (χ0) is 49.7. The lowest BCUT2D eigenvalue weighted by Gasteiger charge is -2.30. The first-order chi connectivity index (χ1) is 37.2. The lowest BCUT2D eigenvalue weighted by atomic mass is 9.92. The van der Waals surface area contributed by atoms with Gasteiger partial charge in [0.1, 0.15) is 5.58 Å². The molecule has 352 valence electrons. The largest absolute Gasteiger partial charge is 0.453 e. The molecule has 0 N–H and O–H groups in total. The Bertz CT molecular complexity index is 4370. The minimum absolute atomic E-state index is 0.816. The van der Waals surface area contributed by atoms with Crippen LogP contribution in [0.1, 0.15) is 0 Å². The SMILES string of the molecule is c1ccc(-c2ccc(-c3ccc(N(c4ccccc4)c4cc(N(c5ccccc5)c5ccc(-c6ccc(-c7cccc8ccccc78)cc6)cc5)c5oc6c7ccccc7ccc6c5c4)cc3)c3ccccc23)cc1. The zero-order valence-electron chi connectivity index (χ0n) is 41.0. The van der Waals surface area contributed by atoms with Crippen LogP contribution in [-0.4, -0.2) is 0 Å². The smallest absolute Gasteiger partial charge is 0.159 e. The van der Waals surface area contributed by atoms with Crippen molar-refractivity contribution >= 4 is 88.4 Å². The van der Waals surface area contributed by atoms with Crippen LogP contribution >= 0.6 is 0 Å². The first-order valence-corrected chi connectivity index (χ1v) is 25.6. The predicted molar refractivity (Wildman–Crippen MR) is 317 cm³/mol. The molecule has 0 amide bonds. The Balaban J connectivity index is 0.914. The standard InChI is InChI=1S/C72H48N2O/c1-4-17-51(18-5-1)63-45-46-64(67-29-15-14-28-66(63)67)55-37-42-58(43-38-55)73(56-22-6-2-7-23-56)60-47-69-68-44-39-53-20-11-13-27-65(53)71(68)75-72(69)70(48-60)74(57-24-8-3-9-25-57)59-40-35-50(36-41-59)49-31-33-54(34-32-49)62-30-16-21-52-19-10-12-26-61(52)62/h1-48H. The summed E-state index contributed by atoms with van der Waals surface area (Å²) < 4.78 is 7.21. The highest BCUT2D eigenvalue weighted by Gasteiger charge is 2.25. The summed E-state index contributed by atoms with van der Waals surface area (Å²) in [5.74, 6) is 0. The van der Waals surface area contributed by atoms with Crippen LogP contribution in [-0.2, 0) is 0 Å². The Labute approximate surface area is 436 Å². The van der Waals surface area contributed by atoms with Gasteiger partial charge in [-0.25, -0.2) is 0 Å². The maximum Gasteiger partial charge on any atom is 0.159 e. The van der Waals surface area contributed by atoms with E-state index < -0.39 is 0 Å². The Hall–Kier alpha value is -9.96. The van der Waals surface area contributed by atoms with E-state index >= 15 is 0 Å². The lowest BCUT2D eigenvalue weighted by Crippen LogP contribution is -2.13. The molecule has 0 spiro atoms. The molecule has 75 heavy (non-hydrogen) atoms. The van der Waals surface area contributed by atoms with Crippen LogP contribution in [0.3, 0.4) is 0 Å². The summed E-state index contributed by atoms with van der Waals surface area (Å²) in [6.07, 6.45) is 0. The first kappa shape index (κ1) is 43.8. The highest BCUT2D eigenvalue weighted by molar-refractivity contribution is 6.19. The van der Waals surface area contributed by atoms with Crippen molar-refractivity contribution in [2.24, 2.45) is 0 Å². The van der Waals surface area contributed by atoms with Gasteiger partial charge in [-0.2, -0.15) is 0 Å². The molecule has 14 aromatic rings. The lowest BCUT2D eigenvalue weighted by molar-refractivity contribution is 0.673. The van der Waals surface area contributed by atoms with Gasteiger partial charge < -0.3 is 14.2 Å². The van der Waals surface area contributed by atoms with Gasteiger partial charge in [0, 0.05) is 44.6 Å². The molecule has 0 fully saturated rings. The van der Waals surface area contributed by atoms with Gasteiger partial charge in [-0.05, 0) is 138 Å². The summed E-state index contributed by atoms with van der Waals surface area (Å²) in [7, 11) is 0. The molecule has 3 heteroatoms. The number of para-hydroxylation sites is 2. The van der Waals surface area contributed by atoms with Gasteiger partial charge in [-0.1, -0.05) is 224 Å². The molecule has 0 saturated heterocycles. The van der Waals surface area contributed by atoms with Crippen LogP contribution in [0.5, 0.6) is 0 Å². The fourth-order valence-electron chi connectivity index (χ4n) is 11.2. The van der Waals surface area contributed by atoms with E-state index in [-0.39, 0.29) is 0 Å². The Kier molecular flexibility index (Phi) is 10.8. The Morgan fingerprint density at radius 2 is 0.640 bits per heavy atom. The van der Waals surface area contributed by atoms with Crippen LogP contribution in [0.4, 0.5) is 34.1 Å². The molecule has 0 aliphatic rings. The van der Waals surface area contributed by atoms with E-state index in [0.717, 1.165) is 83.5 Å². The molecule has 0 aliphatic carbocycles. The summed E-state index contributed by atoms with van der Waals surface area (Å²) in [6.45, 7) is 0. The summed E-state index contributed by atoms with van der Waals surface area (Å²) in [6, 6.07) is 105. The molecule has 1 aromatic heterocycles. The zero-order valence-corrected chi connectivity index (χ0v) is 41.0. The van der Waals surface area contributed by atoms with Crippen LogP contribution in [0.15, 0.2) is 296 Å². The van der Waals surface area contributed by atoms with E-state index in [1.807, 2.05) is 0 Å². The molecule has 0 radical (unpaired) electrons. The van der Waals surface area contributed by atoms with E-state index in [9.17, 15) is 0 Å². The Morgan fingerprint density at radius 3 is 1.27 bits per heavy atom. The van der Waals surface area contributed by atoms with Gasteiger partial charge in [-0.3, -0.25) is 0 Å². The average molecular weight is 957 g/mol. The molecular weight excluding hydrogens is 909 g/mol. The van der Waals surface area contributed by atoms with Gasteiger partial charge in [0.2, 0.25) is 0 Å². The summed E-state index contributed by atoms with van der Waals surface area (Å²) in [4.78, 5) is 4.72. The third-order valence-electron chi connectivity index (χ3n) is 14.8. The van der Waals surface area contributed by atoms with Crippen molar-refractivity contribution in [1.29, 1.82) is 0 Å². The van der Waals surface area contributed by atoms with Crippen LogP contribution in [0.25, 0.3) is 98.8 Å². The molecule has 13 aromatic carbocycles. The van der Waals surface area contributed by atoms with Crippen molar-refractivity contribution in [2.75, 3.05) is 9.80 Å². The third-order valence-corrected chi connectivity index (χ3v) is 14.8. The second-order valence-corrected chi connectivity index (χ2v) is 19.2. The summed E-state index contributed by atoms with van der Waals surface area (Å²) >= 11 is 0. The molecule has 0 atom stereocenters. The monoisotopic (exact) mass is 956 g/mol. The predicted octanol–water partition coefficient (Wildman–Crippen LogP) is 20.7. The Morgan fingerprint density at radius 1 is 0.213 bits per heavy atom. The van der Waals surface area contributed by atoms with Crippen molar-refractivity contribution in [3.63, 3.8) is 0 Å². The van der Waals surface area contributed by atoms with E-state index in [0.29, 0.717) is 0 Å². The van der Waals surface area contributed by atoms with Crippen molar-refractivity contribution in [3.8, 4) is 44.5 Å². The molecule has 1 heterocycles. The fraction of sp³-hybridized carbons (Fsp3) is 0. The van der Waals surface area contributed by atoms with Gasteiger partial charge in [0.15, 0.2) is 5.58 Å². The van der Waals surface area contributed by atoms with Crippen molar-refractivity contribution in [1.82, 2.24) is 0 Å². The summed E-state index contributed by atoms with van der Waals surface area (Å²) in [5, 5.41) is 9.29. The number of hydrogen-bond acceptors (Lipinski definition) is 3. The maximum atomic E-state index is 7.21. The number of furan rings is 1. The third kappa shape index (κ3) is 7.86. The molecule has 0 bridgehead atoms. The number of anilines is 6. The number of hydrogen-bond donors (Lipinski definition) is 0. The molecule has 0 aliphatic heterocycles. The quantitative estimate of drug-likeness (QED) is 0.136. The topological polar surface area (TPSA) is 19.6 Å². The van der Waals surface area contributed by atoms with E-state index in [1.165, 1.54) is 49.4 Å². The second kappa shape index (κ2) is 18.6. The van der Waals surface area contributed by atoms with E-state index in [4.69, 9.17) is 4.42 Å². The first-order valence-electron chi connectivity index (χ1n) is 25.6. The molecule has 0 unspecified atom stereocenters. The maximum absolute atomic E-state index is 7.21. The van der Waals surface area contributed by atoms with Gasteiger partial charge >= 0.3 is 0 Å². The minimum Gasteiger partial charge on any atom is -0.453 e.